The van der Waals surface area contributed by atoms with Gasteiger partial charge in [0.25, 0.3) is 0 Å². The average molecular weight is 310 g/mol. The van der Waals surface area contributed by atoms with Crippen LogP contribution in [0.4, 0.5) is 0 Å². The number of pyridine rings is 1. The van der Waals surface area contributed by atoms with E-state index in [1.54, 1.807) is 6.20 Å². The maximum atomic E-state index is 6.12. The summed E-state index contributed by atoms with van der Waals surface area (Å²) in [7, 11) is 0. The van der Waals surface area contributed by atoms with Gasteiger partial charge in [-0.1, -0.05) is 6.07 Å². The Labute approximate surface area is 135 Å². The zero-order chi connectivity index (χ0) is 16.6. The van der Waals surface area contributed by atoms with E-state index < -0.39 is 5.54 Å². The summed E-state index contributed by atoms with van der Waals surface area (Å²) >= 11 is 0. The Bertz CT molecular complexity index is 813. The molecule has 1 aromatic carbocycles. The zero-order valence-corrected chi connectivity index (χ0v) is 13.9. The molecule has 120 valence electrons. The number of fused-ring (bicyclic) bond motifs is 1. The Kier molecular flexibility index (Phi) is 3.82. The van der Waals surface area contributed by atoms with Crippen LogP contribution in [0.5, 0.6) is 5.75 Å². The predicted molar refractivity (Wildman–Crippen MR) is 92.3 cm³/mol. The van der Waals surface area contributed by atoms with Crippen molar-refractivity contribution in [2.45, 2.75) is 39.3 Å². The highest BCUT2D eigenvalue weighted by atomic mass is 16.5. The van der Waals surface area contributed by atoms with Gasteiger partial charge in [0.15, 0.2) is 0 Å². The highest BCUT2D eigenvalue weighted by Crippen LogP contribution is 2.36. The van der Waals surface area contributed by atoms with Crippen LogP contribution < -0.4 is 10.5 Å². The lowest BCUT2D eigenvalue weighted by atomic mass is 9.96. The van der Waals surface area contributed by atoms with E-state index in [9.17, 15) is 0 Å². The SMILES string of the molecule is CC(C)Oc1c(-c2ccc(C(C)(C)N)cn2)ccc2[nH]ncc12. The molecule has 0 aliphatic carbocycles. The summed E-state index contributed by atoms with van der Waals surface area (Å²) in [6.45, 7) is 7.95. The number of benzene rings is 1. The van der Waals surface area contributed by atoms with Crippen LogP contribution in [0, 0.1) is 0 Å². The molecule has 0 radical (unpaired) electrons. The maximum Gasteiger partial charge on any atom is 0.140 e. The molecule has 0 amide bonds. The largest absolute Gasteiger partial charge is 0.490 e. The van der Waals surface area contributed by atoms with Crippen LogP contribution in [-0.4, -0.2) is 21.3 Å². The van der Waals surface area contributed by atoms with Gasteiger partial charge in [-0.25, -0.2) is 0 Å². The van der Waals surface area contributed by atoms with Crippen LogP contribution in [0.3, 0.4) is 0 Å². The number of ether oxygens (including phenoxy) is 1. The number of aromatic amines is 1. The molecule has 0 saturated heterocycles. The predicted octanol–water partition coefficient (Wildman–Crippen LogP) is 3.61. The van der Waals surface area contributed by atoms with E-state index in [4.69, 9.17) is 10.5 Å². The van der Waals surface area contributed by atoms with Crippen molar-refractivity contribution in [3.05, 3.63) is 42.2 Å². The van der Waals surface area contributed by atoms with Crippen LogP contribution in [-0.2, 0) is 5.54 Å². The topological polar surface area (TPSA) is 76.8 Å². The third-order valence-electron chi connectivity index (χ3n) is 3.71. The van der Waals surface area contributed by atoms with Crippen LogP contribution in [0.25, 0.3) is 22.2 Å². The Balaban J connectivity index is 2.11. The average Bonchev–Trinajstić information content (AvgIpc) is 2.95. The fraction of sp³-hybridized carbons (Fsp3) is 0.333. The molecule has 0 fully saturated rings. The van der Waals surface area contributed by atoms with Crippen LogP contribution in [0.2, 0.25) is 0 Å². The van der Waals surface area contributed by atoms with Gasteiger partial charge >= 0.3 is 0 Å². The fourth-order valence-electron chi connectivity index (χ4n) is 2.49. The summed E-state index contributed by atoms with van der Waals surface area (Å²) in [6, 6.07) is 8.00. The number of hydrogen-bond acceptors (Lipinski definition) is 4. The summed E-state index contributed by atoms with van der Waals surface area (Å²) in [6.07, 6.45) is 3.68. The fourth-order valence-corrected chi connectivity index (χ4v) is 2.49. The molecular formula is C18H22N4O. The number of hydrogen-bond donors (Lipinski definition) is 2. The molecule has 2 heterocycles. The molecule has 0 aliphatic rings. The van der Waals surface area contributed by atoms with E-state index in [0.29, 0.717) is 0 Å². The third kappa shape index (κ3) is 3.05. The van der Waals surface area contributed by atoms with E-state index in [0.717, 1.165) is 33.5 Å². The highest BCUT2D eigenvalue weighted by molar-refractivity contribution is 5.92. The molecule has 0 aliphatic heterocycles. The Morgan fingerprint density at radius 1 is 1.13 bits per heavy atom. The van der Waals surface area contributed by atoms with Crippen molar-refractivity contribution in [2.75, 3.05) is 0 Å². The first kappa shape index (κ1) is 15.5. The van der Waals surface area contributed by atoms with E-state index >= 15 is 0 Å². The van der Waals surface area contributed by atoms with Crippen molar-refractivity contribution in [1.29, 1.82) is 0 Å². The summed E-state index contributed by atoms with van der Waals surface area (Å²) in [5, 5.41) is 8.04. The monoisotopic (exact) mass is 310 g/mol. The van der Waals surface area contributed by atoms with Gasteiger partial charge < -0.3 is 10.5 Å². The minimum absolute atomic E-state index is 0.0662. The number of rotatable bonds is 4. The molecule has 0 unspecified atom stereocenters. The number of aromatic nitrogens is 3. The van der Waals surface area contributed by atoms with Gasteiger partial charge in [0.05, 0.1) is 28.9 Å². The Morgan fingerprint density at radius 3 is 2.52 bits per heavy atom. The molecule has 5 heteroatoms. The summed E-state index contributed by atoms with van der Waals surface area (Å²) < 4.78 is 6.04. The van der Waals surface area contributed by atoms with Crippen LogP contribution in [0.15, 0.2) is 36.7 Å². The Hall–Kier alpha value is -2.40. The first-order valence-corrected chi connectivity index (χ1v) is 7.75. The minimum atomic E-state index is -0.405. The van der Waals surface area contributed by atoms with E-state index in [2.05, 4.69) is 15.2 Å². The Morgan fingerprint density at radius 2 is 1.91 bits per heavy atom. The quantitative estimate of drug-likeness (QED) is 0.772. The van der Waals surface area contributed by atoms with Crippen molar-refractivity contribution in [3.63, 3.8) is 0 Å². The third-order valence-corrected chi connectivity index (χ3v) is 3.71. The molecule has 0 saturated carbocycles. The molecule has 0 bridgehead atoms. The lowest BCUT2D eigenvalue weighted by molar-refractivity contribution is 0.246. The smallest absolute Gasteiger partial charge is 0.140 e. The normalized spacial score (nSPS) is 12.1. The van der Waals surface area contributed by atoms with E-state index in [-0.39, 0.29) is 6.10 Å². The van der Waals surface area contributed by atoms with Crippen molar-refractivity contribution in [2.24, 2.45) is 5.73 Å². The molecule has 23 heavy (non-hydrogen) atoms. The van der Waals surface area contributed by atoms with Crippen molar-refractivity contribution in [1.82, 2.24) is 15.2 Å². The number of nitrogens with two attached hydrogens (primary N) is 1. The van der Waals surface area contributed by atoms with Gasteiger partial charge in [-0.3, -0.25) is 10.1 Å². The van der Waals surface area contributed by atoms with Gasteiger partial charge in [0.2, 0.25) is 0 Å². The molecule has 3 N–H and O–H groups in total. The standard InChI is InChI=1S/C18H22N4O/c1-11(2)23-17-13(6-8-16-14(17)10-21-22-16)15-7-5-12(9-20-15)18(3,4)19/h5-11H,19H2,1-4H3,(H,21,22). The second kappa shape index (κ2) is 5.66. The molecule has 0 atom stereocenters. The lowest BCUT2D eigenvalue weighted by Crippen LogP contribution is -2.28. The molecular weight excluding hydrogens is 288 g/mol. The van der Waals surface area contributed by atoms with Gasteiger partial charge in [0, 0.05) is 17.3 Å². The summed E-state index contributed by atoms with van der Waals surface area (Å²) in [4.78, 5) is 4.58. The van der Waals surface area contributed by atoms with E-state index in [1.807, 2.05) is 58.2 Å². The molecule has 0 spiro atoms. The van der Waals surface area contributed by atoms with Gasteiger partial charge in [-0.15, -0.1) is 0 Å². The van der Waals surface area contributed by atoms with Gasteiger partial charge in [-0.05, 0) is 51.5 Å². The molecule has 3 aromatic rings. The van der Waals surface area contributed by atoms with Gasteiger partial charge in [-0.2, -0.15) is 5.10 Å². The van der Waals surface area contributed by atoms with Crippen molar-refractivity contribution < 1.29 is 4.74 Å². The zero-order valence-electron chi connectivity index (χ0n) is 13.9. The van der Waals surface area contributed by atoms with Gasteiger partial charge in [0.1, 0.15) is 5.75 Å². The highest BCUT2D eigenvalue weighted by Gasteiger charge is 2.17. The van der Waals surface area contributed by atoms with Crippen LogP contribution >= 0.6 is 0 Å². The summed E-state index contributed by atoms with van der Waals surface area (Å²) in [5.74, 6) is 0.804. The number of nitrogens with zero attached hydrogens (tertiary/aromatic N) is 2. The summed E-state index contributed by atoms with van der Waals surface area (Å²) in [5.41, 5.74) is 9.48. The first-order valence-electron chi connectivity index (χ1n) is 7.75. The van der Waals surface area contributed by atoms with Crippen molar-refractivity contribution in [3.8, 4) is 17.0 Å². The van der Waals surface area contributed by atoms with E-state index in [1.165, 1.54) is 0 Å². The van der Waals surface area contributed by atoms with Crippen molar-refractivity contribution >= 4 is 10.9 Å². The second-order valence-corrected chi connectivity index (χ2v) is 6.59. The molecule has 2 aromatic heterocycles. The second-order valence-electron chi connectivity index (χ2n) is 6.59. The molecule has 5 nitrogen and oxygen atoms in total. The molecule has 3 rings (SSSR count). The lowest BCUT2D eigenvalue weighted by Gasteiger charge is -2.19. The number of H-pyrrole nitrogens is 1. The number of nitrogens with one attached hydrogen (secondary N) is 1. The van der Waals surface area contributed by atoms with Crippen LogP contribution in [0.1, 0.15) is 33.3 Å². The minimum Gasteiger partial charge on any atom is -0.490 e. The first-order chi connectivity index (χ1) is 10.9. The maximum absolute atomic E-state index is 6.12.